The molecule has 15 N–H and O–H groups in total. The number of aliphatic carboxylic acids is 2. The molecule has 0 radical (unpaired) electrons. The summed E-state index contributed by atoms with van der Waals surface area (Å²) < 4.78 is 0. The minimum atomic E-state index is -1.41. The van der Waals surface area contributed by atoms with Crippen LogP contribution in [0.1, 0.15) is 78.2 Å². The van der Waals surface area contributed by atoms with Gasteiger partial charge in [-0.2, -0.15) is 23.5 Å². The maximum atomic E-state index is 14.4. The normalized spacial score (nSPS) is 14.2. The first kappa shape index (κ1) is 61.2. The van der Waals surface area contributed by atoms with Crippen molar-refractivity contribution in [1.82, 2.24) is 47.5 Å². The van der Waals surface area contributed by atoms with Gasteiger partial charge in [0.05, 0.1) is 25.6 Å². The lowest BCUT2D eigenvalue weighted by molar-refractivity contribution is -0.143. The molecule has 0 saturated heterocycles. The van der Waals surface area contributed by atoms with Crippen molar-refractivity contribution in [3.8, 4) is 0 Å². The molecule has 7 atom stereocenters. The first-order valence-electron chi connectivity index (χ1n) is 23.4. The van der Waals surface area contributed by atoms with Crippen molar-refractivity contribution in [2.24, 2.45) is 23.3 Å². The third-order valence-corrected chi connectivity index (χ3v) is 12.3. The molecule has 0 saturated carbocycles. The summed E-state index contributed by atoms with van der Waals surface area (Å²) in [5.74, 6) is -8.36. The van der Waals surface area contributed by atoms with Gasteiger partial charge in [0, 0.05) is 23.5 Å². The van der Waals surface area contributed by atoms with Crippen molar-refractivity contribution in [3.63, 3.8) is 0 Å². The van der Waals surface area contributed by atoms with Crippen LogP contribution in [0.25, 0.3) is 10.9 Å². The molecule has 0 fully saturated rings. The Kier molecular flexibility index (Phi) is 27.7. The van der Waals surface area contributed by atoms with E-state index >= 15 is 0 Å². The predicted molar refractivity (Wildman–Crippen MR) is 271 cm³/mol. The largest absolute Gasteiger partial charge is 0.481 e. The first-order chi connectivity index (χ1) is 33.6. The molecule has 8 amide bonds. The highest BCUT2D eigenvalue weighted by Gasteiger charge is 2.34. The maximum Gasteiger partial charge on any atom is 0.326 e. The fraction of sp³-hybridized carbons (Fsp3) is 0.609. The van der Waals surface area contributed by atoms with Gasteiger partial charge in [0.15, 0.2) is 0 Å². The van der Waals surface area contributed by atoms with Crippen molar-refractivity contribution in [3.05, 3.63) is 36.0 Å². The number of unbranched alkanes of at least 4 members (excludes halogenated alkanes) is 1. The highest BCUT2D eigenvalue weighted by molar-refractivity contribution is 7.98. The van der Waals surface area contributed by atoms with Gasteiger partial charge in [-0.15, -0.1) is 0 Å². The summed E-state index contributed by atoms with van der Waals surface area (Å²) in [7, 11) is 0. The number of aromatic amines is 1. The fourth-order valence-electron chi connectivity index (χ4n) is 7.12. The molecule has 0 bridgehead atoms. The van der Waals surface area contributed by atoms with Gasteiger partial charge in [-0.05, 0) is 92.6 Å². The Labute approximate surface area is 422 Å². The molecule has 1 aromatic heterocycles. The van der Waals surface area contributed by atoms with Crippen LogP contribution in [0, 0.1) is 11.8 Å². The van der Waals surface area contributed by atoms with Gasteiger partial charge in [0.25, 0.3) is 0 Å². The van der Waals surface area contributed by atoms with Gasteiger partial charge < -0.3 is 69.2 Å². The Morgan fingerprint density at radius 1 is 0.634 bits per heavy atom. The van der Waals surface area contributed by atoms with Crippen LogP contribution in [-0.4, -0.2) is 160 Å². The van der Waals surface area contributed by atoms with E-state index in [1.54, 1.807) is 26.3 Å². The van der Waals surface area contributed by atoms with E-state index in [0.29, 0.717) is 36.5 Å². The van der Waals surface area contributed by atoms with Gasteiger partial charge in [0.2, 0.25) is 47.3 Å². The van der Waals surface area contributed by atoms with Crippen molar-refractivity contribution >= 4 is 93.6 Å². The van der Waals surface area contributed by atoms with Gasteiger partial charge in [-0.3, -0.25) is 43.2 Å². The van der Waals surface area contributed by atoms with Gasteiger partial charge >= 0.3 is 11.9 Å². The number of nitrogens with two attached hydrogens (primary N) is 2. The Balaban J connectivity index is 2.31. The Morgan fingerprint density at radius 2 is 1.17 bits per heavy atom. The second kappa shape index (κ2) is 32.1. The summed E-state index contributed by atoms with van der Waals surface area (Å²) in [4.78, 5) is 134. The molecule has 71 heavy (non-hydrogen) atoms. The van der Waals surface area contributed by atoms with Gasteiger partial charge in [0.1, 0.15) is 36.3 Å². The number of aromatic nitrogens is 1. The number of H-pyrrole nitrogens is 1. The minimum Gasteiger partial charge on any atom is -0.481 e. The summed E-state index contributed by atoms with van der Waals surface area (Å²) in [5, 5.41) is 40.0. The van der Waals surface area contributed by atoms with Crippen LogP contribution in [0.3, 0.4) is 0 Å². The molecule has 23 nitrogen and oxygen atoms in total. The van der Waals surface area contributed by atoms with Crippen molar-refractivity contribution in [2.75, 3.05) is 43.7 Å². The summed E-state index contributed by atoms with van der Waals surface area (Å²) in [6, 6.07) is -1.36. The number of thioether (sulfide) groups is 2. The zero-order chi connectivity index (χ0) is 53.2. The summed E-state index contributed by atoms with van der Waals surface area (Å²) >= 11 is 2.80. The highest BCUT2D eigenvalue weighted by atomic mass is 32.2. The quantitative estimate of drug-likeness (QED) is 0.0377. The molecular formula is C46H73N11O12S2. The van der Waals surface area contributed by atoms with Crippen LogP contribution < -0.4 is 54.0 Å². The number of hydrogen-bond donors (Lipinski definition) is 13. The predicted octanol–water partition coefficient (Wildman–Crippen LogP) is -0.925. The van der Waals surface area contributed by atoms with Gasteiger partial charge in [-0.25, -0.2) is 4.79 Å². The number of rotatable bonds is 34. The average Bonchev–Trinajstić information content (AvgIpc) is 3.72. The first-order valence-corrected chi connectivity index (χ1v) is 26.2. The number of hydrogen-bond acceptors (Lipinski definition) is 14. The average molecular weight is 1040 g/mol. The topological polar surface area (TPSA) is 375 Å². The van der Waals surface area contributed by atoms with Crippen molar-refractivity contribution in [1.29, 1.82) is 0 Å². The molecule has 1 heterocycles. The highest BCUT2D eigenvalue weighted by Crippen LogP contribution is 2.20. The third kappa shape index (κ3) is 22.4. The maximum absolute atomic E-state index is 14.4. The number of amides is 8. The monoisotopic (exact) mass is 1040 g/mol. The van der Waals surface area contributed by atoms with E-state index < -0.39 is 127 Å². The molecule has 0 unspecified atom stereocenters. The molecular weight excluding hydrogens is 963 g/mol. The molecule has 2 rings (SSSR count). The number of carbonyl (C=O) groups is 10. The number of carboxylic acid groups (broad SMARTS) is 2. The number of benzene rings is 1. The summed E-state index contributed by atoms with van der Waals surface area (Å²) in [6.07, 6.45) is 5.96. The van der Waals surface area contributed by atoms with E-state index in [-0.39, 0.29) is 38.0 Å². The van der Waals surface area contributed by atoms with E-state index in [9.17, 15) is 53.1 Å². The SMILES string of the molecule is CSCC[C@H](NC(=O)[C@H](CCCCN)NC(=O)[C@H](Cc1c[nH]c2ccccc12)NC(=O)[C@H](CC(C)C)NC(=O)CNC(=O)CNC(=O)[C@H](CCSC)NC(=O)[C@@H](N)CC(=O)O)C(=O)N[C@H](C(=O)O)C(C)C. The van der Waals surface area contributed by atoms with E-state index in [1.807, 2.05) is 44.4 Å². The Bertz CT molecular complexity index is 2120. The molecule has 2 aromatic rings. The standard InChI is InChI=1S/C46H73N11O12S2/c1-25(2)19-34(52-37(59)24-50-36(58)23-51-41(63)32(14-17-70-5)53-40(62)29(48)21-38(60)61)44(66)56-35(20-27-22-49-30-12-8-7-11-28(27)30)45(67)54-31(13-9-10-16-47)42(64)55-33(15-18-71-6)43(65)57-39(26(3)4)46(68)69/h7-8,11-12,22,25-26,29,31-35,39,49H,9-10,13-21,23-24,47-48H2,1-6H3,(H,50,58)(H,51,63)(H,52,59)(H,53,62)(H,54,67)(H,55,64)(H,56,66)(H,57,65)(H,60,61)(H,68,69)/t29-,31-,32-,33-,34-,35-,39-/m0/s1. The van der Waals surface area contributed by atoms with Crippen LogP contribution in [-0.2, 0) is 54.4 Å². The molecule has 0 aliphatic rings. The molecule has 0 aliphatic heterocycles. The van der Waals surface area contributed by atoms with E-state index in [2.05, 4.69) is 47.5 Å². The van der Waals surface area contributed by atoms with Crippen LogP contribution in [0.5, 0.6) is 0 Å². The second-order valence-electron chi connectivity index (χ2n) is 17.7. The van der Waals surface area contributed by atoms with E-state index in [0.717, 1.165) is 10.9 Å². The van der Waals surface area contributed by atoms with E-state index in [4.69, 9.17) is 16.6 Å². The lowest BCUT2D eigenvalue weighted by Crippen LogP contribution is -2.59. The smallest absolute Gasteiger partial charge is 0.326 e. The van der Waals surface area contributed by atoms with Crippen LogP contribution in [0.15, 0.2) is 30.5 Å². The summed E-state index contributed by atoms with van der Waals surface area (Å²) in [6.45, 7) is 5.98. The second-order valence-corrected chi connectivity index (χ2v) is 19.6. The zero-order valence-electron chi connectivity index (χ0n) is 41.2. The molecule has 396 valence electrons. The van der Waals surface area contributed by atoms with Crippen LogP contribution in [0.2, 0.25) is 0 Å². The van der Waals surface area contributed by atoms with Crippen molar-refractivity contribution < 1.29 is 58.2 Å². The fourth-order valence-corrected chi connectivity index (χ4v) is 8.07. The van der Waals surface area contributed by atoms with Gasteiger partial charge in [-0.1, -0.05) is 45.9 Å². The molecule has 0 spiro atoms. The van der Waals surface area contributed by atoms with Crippen molar-refractivity contribution in [2.45, 2.75) is 121 Å². The number of carbonyl (C=O) groups excluding carboxylic acids is 8. The lowest BCUT2D eigenvalue weighted by Gasteiger charge is -2.27. The third-order valence-electron chi connectivity index (χ3n) is 11.0. The number of para-hydroxylation sites is 1. The number of fused-ring (bicyclic) bond motifs is 1. The number of nitrogens with one attached hydrogen (secondary N) is 9. The lowest BCUT2D eigenvalue weighted by atomic mass is 10.00. The zero-order valence-corrected chi connectivity index (χ0v) is 42.9. The van der Waals surface area contributed by atoms with Crippen LogP contribution in [0.4, 0.5) is 0 Å². The van der Waals surface area contributed by atoms with E-state index in [1.165, 1.54) is 23.5 Å². The van der Waals surface area contributed by atoms with Crippen LogP contribution >= 0.6 is 23.5 Å². The molecule has 25 heteroatoms. The molecule has 1 aromatic carbocycles. The minimum absolute atomic E-state index is 0.0651. The molecule has 0 aliphatic carbocycles. The number of carboxylic acids is 2. The Hall–Kier alpha value is -5.92. The summed E-state index contributed by atoms with van der Waals surface area (Å²) in [5.41, 5.74) is 12.8. The Morgan fingerprint density at radius 3 is 1.75 bits per heavy atom.